The SMILES string of the molecule is C=CCOc1ccc(Cc2nc(-c3ccccn3)cs2)cc1N. The van der Waals surface area contributed by atoms with Crippen LogP contribution < -0.4 is 10.5 Å². The monoisotopic (exact) mass is 323 g/mol. The zero-order valence-corrected chi connectivity index (χ0v) is 13.4. The Hall–Kier alpha value is -2.66. The van der Waals surface area contributed by atoms with E-state index in [1.807, 2.05) is 41.8 Å². The molecule has 2 N–H and O–H groups in total. The van der Waals surface area contributed by atoms with Crippen molar-refractivity contribution in [1.29, 1.82) is 0 Å². The van der Waals surface area contributed by atoms with Gasteiger partial charge in [-0.05, 0) is 29.8 Å². The number of nitrogens with zero attached hydrogens (tertiary/aromatic N) is 2. The molecule has 0 spiro atoms. The molecule has 2 aromatic heterocycles. The predicted molar refractivity (Wildman–Crippen MR) is 94.7 cm³/mol. The van der Waals surface area contributed by atoms with E-state index < -0.39 is 0 Å². The van der Waals surface area contributed by atoms with Crippen molar-refractivity contribution in [1.82, 2.24) is 9.97 Å². The highest BCUT2D eigenvalue weighted by molar-refractivity contribution is 7.10. The van der Waals surface area contributed by atoms with Gasteiger partial charge in [-0.25, -0.2) is 4.98 Å². The highest BCUT2D eigenvalue weighted by atomic mass is 32.1. The summed E-state index contributed by atoms with van der Waals surface area (Å²) >= 11 is 1.63. The Kier molecular flexibility index (Phi) is 4.68. The summed E-state index contributed by atoms with van der Waals surface area (Å²) in [5.41, 5.74) is 9.56. The first-order valence-electron chi connectivity index (χ1n) is 7.24. The van der Waals surface area contributed by atoms with Crippen molar-refractivity contribution in [2.75, 3.05) is 12.3 Å². The number of anilines is 1. The van der Waals surface area contributed by atoms with Gasteiger partial charge in [0, 0.05) is 18.0 Å². The van der Waals surface area contributed by atoms with Gasteiger partial charge in [0.25, 0.3) is 0 Å². The van der Waals surface area contributed by atoms with E-state index >= 15 is 0 Å². The Morgan fingerprint density at radius 2 is 2.13 bits per heavy atom. The number of thiazole rings is 1. The number of nitrogens with two attached hydrogens (primary N) is 1. The average Bonchev–Trinajstić information content (AvgIpc) is 3.03. The molecule has 0 saturated carbocycles. The quantitative estimate of drug-likeness (QED) is 0.551. The van der Waals surface area contributed by atoms with E-state index in [-0.39, 0.29) is 0 Å². The number of hydrogen-bond donors (Lipinski definition) is 1. The number of hydrogen-bond acceptors (Lipinski definition) is 5. The summed E-state index contributed by atoms with van der Waals surface area (Å²) in [5, 5.41) is 3.06. The molecule has 3 rings (SSSR count). The highest BCUT2D eigenvalue weighted by Gasteiger charge is 2.08. The fourth-order valence-corrected chi connectivity index (χ4v) is 3.01. The maximum Gasteiger partial charge on any atom is 0.142 e. The summed E-state index contributed by atoms with van der Waals surface area (Å²) in [7, 11) is 0. The highest BCUT2D eigenvalue weighted by Crippen LogP contribution is 2.26. The summed E-state index contributed by atoms with van der Waals surface area (Å²) in [4.78, 5) is 8.97. The van der Waals surface area contributed by atoms with E-state index in [1.54, 1.807) is 23.6 Å². The molecule has 0 aliphatic rings. The molecule has 5 heteroatoms. The van der Waals surface area contributed by atoms with Gasteiger partial charge in [0.2, 0.25) is 0 Å². The molecule has 116 valence electrons. The molecule has 1 aromatic carbocycles. The largest absolute Gasteiger partial charge is 0.487 e. The van der Waals surface area contributed by atoms with Gasteiger partial charge in [0.05, 0.1) is 22.1 Å². The molecule has 0 aliphatic carbocycles. The minimum atomic E-state index is 0.448. The van der Waals surface area contributed by atoms with Crippen LogP contribution in [0.1, 0.15) is 10.6 Å². The summed E-state index contributed by atoms with van der Waals surface area (Å²) in [5.74, 6) is 0.682. The first-order chi connectivity index (χ1) is 11.3. The number of rotatable bonds is 6. The molecule has 0 fully saturated rings. The second kappa shape index (κ2) is 7.07. The van der Waals surface area contributed by atoms with Crippen LogP contribution in [-0.2, 0) is 6.42 Å². The van der Waals surface area contributed by atoms with E-state index in [1.165, 1.54) is 0 Å². The Morgan fingerprint density at radius 1 is 1.22 bits per heavy atom. The van der Waals surface area contributed by atoms with Gasteiger partial charge in [-0.3, -0.25) is 4.98 Å². The van der Waals surface area contributed by atoms with Crippen molar-refractivity contribution in [2.24, 2.45) is 0 Å². The van der Waals surface area contributed by atoms with E-state index in [9.17, 15) is 0 Å². The predicted octanol–water partition coefficient (Wildman–Crippen LogP) is 3.94. The second-order valence-corrected chi connectivity index (χ2v) is 5.93. The van der Waals surface area contributed by atoms with Crippen molar-refractivity contribution in [2.45, 2.75) is 6.42 Å². The lowest BCUT2D eigenvalue weighted by atomic mass is 10.1. The lowest BCUT2D eigenvalue weighted by Gasteiger charge is -2.08. The first-order valence-corrected chi connectivity index (χ1v) is 8.12. The fraction of sp³-hybridized carbons (Fsp3) is 0.111. The maximum atomic E-state index is 6.03. The second-order valence-electron chi connectivity index (χ2n) is 4.99. The Balaban J connectivity index is 1.74. The number of nitrogen functional groups attached to an aromatic ring is 1. The molecule has 0 bridgehead atoms. The zero-order chi connectivity index (χ0) is 16.1. The molecule has 4 nitrogen and oxygen atoms in total. The molecule has 0 saturated heterocycles. The number of benzene rings is 1. The molecule has 0 amide bonds. The summed E-state index contributed by atoms with van der Waals surface area (Å²) in [6, 6.07) is 11.7. The van der Waals surface area contributed by atoms with Gasteiger partial charge < -0.3 is 10.5 Å². The lowest BCUT2D eigenvalue weighted by Crippen LogP contribution is -1.99. The van der Waals surface area contributed by atoms with Crippen LogP contribution in [0.15, 0.2) is 60.6 Å². The summed E-state index contributed by atoms with van der Waals surface area (Å²) in [6.07, 6.45) is 4.21. The molecule has 2 heterocycles. The topological polar surface area (TPSA) is 61.0 Å². The molecule has 0 atom stereocenters. The number of pyridine rings is 1. The third kappa shape index (κ3) is 3.76. The molecule has 3 aromatic rings. The van der Waals surface area contributed by atoms with Gasteiger partial charge in [-0.15, -0.1) is 11.3 Å². The van der Waals surface area contributed by atoms with Crippen LogP contribution in [0.5, 0.6) is 5.75 Å². The molecule has 0 unspecified atom stereocenters. The van der Waals surface area contributed by atoms with Crippen LogP contribution >= 0.6 is 11.3 Å². The van der Waals surface area contributed by atoms with Crippen molar-refractivity contribution < 1.29 is 4.74 Å². The minimum Gasteiger partial charge on any atom is -0.487 e. The van der Waals surface area contributed by atoms with E-state index in [0.717, 1.165) is 28.4 Å². The van der Waals surface area contributed by atoms with Gasteiger partial charge in [-0.1, -0.05) is 24.8 Å². The summed E-state index contributed by atoms with van der Waals surface area (Å²) < 4.78 is 5.49. The lowest BCUT2D eigenvalue weighted by molar-refractivity contribution is 0.365. The molecular weight excluding hydrogens is 306 g/mol. The van der Waals surface area contributed by atoms with Crippen molar-refractivity contribution >= 4 is 17.0 Å². The van der Waals surface area contributed by atoms with Gasteiger partial charge in [-0.2, -0.15) is 0 Å². The third-order valence-corrected chi connectivity index (χ3v) is 4.11. The molecule has 0 aliphatic heterocycles. The number of aromatic nitrogens is 2. The molecule has 23 heavy (non-hydrogen) atoms. The van der Waals surface area contributed by atoms with Crippen LogP contribution in [0.25, 0.3) is 11.4 Å². The van der Waals surface area contributed by atoms with E-state index in [4.69, 9.17) is 10.5 Å². The van der Waals surface area contributed by atoms with Crippen molar-refractivity contribution in [3.8, 4) is 17.1 Å². The minimum absolute atomic E-state index is 0.448. The van der Waals surface area contributed by atoms with Gasteiger partial charge >= 0.3 is 0 Å². The third-order valence-electron chi connectivity index (χ3n) is 3.27. The Morgan fingerprint density at radius 3 is 2.87 bits per heavy atom. The van der Waals surface area contributed by atoms with Crippen molar-refractivity contribution in [3.63, 3.8) is 0 Å². The first kappa shape index (κ1) is 15.2. The maximum absolute atomic E-state index is 6.03. The average molecular weight is 323 g/mol. The fourth-order valence-electron chi connectivity index (χ4n) is 2.19. The Bertz CT molecular complexity index is 799. The normalized spacial score (nSPS) is 10.4. The van der Waals surface area contributed by atoms with Crippen LogP contribution in [-0.4, -0.2) is 16.6 Å². The molecule has 0 radical (unpaired) electrons. The van der Waals surface area contributed by atoms with Gasteiger partial charge in [0.1, 0.15) is 12.4 Å². The smallest absolute Gasteiger partial charge is 0.142 e. The van der Waals surface area contributed by atoms with Crippen LogP contribution in [0.4, 0.5) is 5.69 Å². The van der Waals surface area contributed by atoms with Crippen molar-refractivity contribution in [3.05, 3.63) is 71.2 Å². The van der Waals surface area contributed by atoms with Crippen LogP contribution in [0, 0.1) is 0 Å². The van der Waals surface area contributed by atoms with Gasteiger partial charge in [0.15, 0.2) is 0 Å². The van der Waals surface area contributed by atoms with E-state index in [2.05, 4.69) is 16.5 Å². The van der Waals surface area contributed by atoms with Crippen LogP contribution in [0.2, 0.25) is 0 Å². The number of ether oxygens (including phenoxy) is 1. The summed E-state index contributed by atoms with van der Waals surface area (Å²) in [6.45, 7) is 4.08. The zero-order valence-electron chi connectivity index (χ0n) is 12.6. The van der Waals surface area contributed by atoms with E-state index in [0.29, 0.717) is 18.0 Å². The Labute approximate surface area is 139 Å². The molecular formula is C18H17N3OS. The standard InChI is InChI=1S/C18H17N3OS/c1-2-9-22-17-7-6-13(10-14(17)19)11-18-21-16(12-23-18)15-5-3-4-8-20-15/h2-8,10,12H,1,9,11,19H2. The van der Waals surface area contributed by atoms with Crippen LogP contribution in [0.3, 0.4) is 0 Å².